The molecule has 0 bridgehead atoms. The van der Waals surface area contributed by atoms with Crippen molar-refractivity contribution >= 4 is 5.91 Å². The highest BCUT2D eigenvalue weighted by molar-refractivity contribution is 5.94. The van der Waals surface area contributed by atoms with Gasteiger partial charge < -0.3 is 15.0 Å². The molecule has 0 saturated heterocycles. The molecule has 1 atom stereocenters. The van der Waals surface area contributed by atoms with Gasteiger partial charge in [-0.15, -0.1) is 0 Å². The molecule has 3 rings (SSSR count). The van der Waals surface area contributed by atoms with Gasteiger partial charge in [-0.1, -0.05) is 6.07 Å². The zero-order chi connectivity index (χ0) is 18.9. The molecule has 1 amide bonds. The van der Waals surface area contributed by atoms with Crippen LogP contribution in [0.25, 0.3) is 0 Å². The number of ether oxygens (including phenoxy) is 1. The number of pyridine rings is 1. The number of amides is 1. The fourth-order valence-corrected chi connectivity index (χ4v) is 3.12. The highest BCUT2D eigenvalue weighted by Gasteiger charge is 2.32. The third-order valence-corrected chi connectivity index (χ3v) is 4.43. The molecule has 138 valence electrons. The highest BCUT2D eigenvalue weighted by atomic mass is 19.4. The third-order valence-electron chi connectivity index (χ3n) is 4.43. The summed E-state index contributed by atoms with van der Waals surface area (Å²) in [6.07, 6.45) is -2.30. The fourth-order valence-electron chi connectivity index (χ4n) is 3.12. The smallest absolute Gasteiger partial charge is 0.431 e. The van der Waals surface area contributed by atoms with Crippen LogP contribution >= 0.6 is 0 Å². The molecule has 8 heteroatoms. The molecule has 1 aliphatic rings. The van der Waals surface area contributed by atoms with Gasteiger partial charge in [0, 0.05) is 0 Å². The molecule has 5 nitrogen and oxygen atoms in total. The van der Waals surface area contributed by atoms with Gasteiger partial charge in [-0.25, -0.2) is 0 Å². The van der Waals surface area contributed by atoms with Gasteiger partial charge in [0.2, 0.25) is 0 Å². The molecular weight excluding hydrogens is 349 g/mol. The zero-order valence-corrected chi connectivity index (χ0v) is 13.9. The number of hydrogen-bond acceptors (Lipinski definition) is 3. The van der Waals surface area contributed by atoms with Gasteiger partial charge in [-0.05, 0) is 54.7 Å². The van der Waals surface area contributed by atoms with Crippen molar-refractivity contribution in [3.63, 3.8) is 0 Å². The van der Waals surface area contributed by atoms with Crippen molar-refractivity contribution in [2.45, 2.75) is 31.5 Å². The summed E-state index contributed by atoms with van der Waals surface area (Å²) < 4.78 is 43.1. The zero-order valence-electron chi connectivity index (χ0n) is 13.9. The van der Waals surface area contributed by atoms with Crippen LogP contribution in [-0.2, 0) is 12.6 Å². The molecule has 0 radical (unpaired) electrons. The summed E-state index contributed by atoms with van der Waals surface area (Å²) in [5, 5.41) is 2.75. The first kappa shape index (κ1) is 18.0. The number of halogens is 3. The summed E-state index contributed by atoms with van der Waals surface area (Å²) in [6.45, 7) is 0. The number of carbonyl (C=O) groups excluding carboxylic acids is 1. The minimum atomic E-state index is -4.67. The summed E-state index contributed by atoms with van der Waals surface area (Å²) in [7, 11) is 1.57. The maximum atomic E-state index is 12.6. The maximum absolute atomic E-state index is 12.6. The topological polar surface area (TPSA) is 71.2 Å². The number of carbonyl (C=O) groups is 1. The number of methoxy groups -OCH3 is 1. The van der Waals surface area contributed by atoms with Crippen LogP contribution in [0.15, 0.2) is 35.1 Å². The second-order valence-electron chi connectivity index (χ2n) is 6.10. The van der Waals surface area contributed by atoms with Crippen molar-refractivity contribution in [1.82, 2.24) is 10.3 Å². The monoisotopic (exact) mass is 366 g/mol. The van der Waals surface area contributed by atoms with E-state index in [9.17, 15) is 22.8 Å². The summed E-state index contributed by atoms with van der Waals surface area (Å²) in [4.78, 5) is 26.0. The third kappa shape index (κ3) is 3.58. The number of rotatable bonds is 3. The minimum Gasteiger partial charge on any atom is -0.497 e. The van der Waals surface area contributed by atoms with E-state index in [4.69, 9.17) is 4.74 Å². The number of fused-ring (bicyclic) bond motifs is 1. The van der Waals surface area contributed by atoms with Crippen molar-refractivity contribution in [2.24, 2.45) is 0 Å². The number of hydrogen-bond donors (Lipinski definition) is 2. The lowest BCUT2D eigenvalue weighted by Crippen LogP contribution is -2.35. The Labute approximate surface area is 147 Å². The summed E-state index contributed by atoms with van der Waals surface area (Å²) in [5.41, 5.74) is -0.633. The first-order chi connectivity index (χ1) is 12.3. The van der Waals surface area contributed by atoms with E-state index in [1.165, 1.54) is 0 Å². The van der Waals surface area contributed by atoms with E-state index in [1.54, 1.807) is 18.2 Å². The first-order valence-electron chi connectivity index (χ1n) is 8.08. The minimum absolute atomic E-state index is 0.307. The van der Waals surface area contributed by atoms with Crippen LogP contribution in [0, 0.1) is 0 Å². The predicted octanol–water partition coefficient (Wildman–Crippen LogP) is 3.21. The Morgan fingerprint density at radius 2 is 2.04 bits per heavy atom. The SMILES string of the molecule is COc1ccc2c(c1)CCCC2NC(=O)c1ccc(C(F)(F)F)[nH]c1=O. The van der Waals surface area contributed by atoms with E-state index < -0.39 is 23.3 Å². The van der Waals surface area contributed by atoms with Crippen molar-refractivity contribution in [3.05, 3.63) is 63.1 Å². The van der Waals surface area contributed by atoms with Crippen LogP contribution in [0.3, 0.4) is 0 Å². The second kappa shape index (κ2) is 6.86. The van der Waals surface area contributed by atoms with E-state index >= 15 is 0 Å². The van der Waals surface area contributed by atoms with E-state index in [1.807, 2.05) is 12.1 Å². The van der Waals surface area contributed by atoms with Gasteiger partial charge >= 0.3 is 6.18 Å². The first-order valence-corrected chi connectivity index (χ1v) is 8.08. The Bertz CT molecular complexity index is 890. The molecule has 2 aromatic rings. The fraction of sp³-hybridized carbons (Fsp3) is 0.333. The summed E-state index contributed by atoms with van der Waals surface area (Å²) in [5.74, 6) is 0.0172. The van der Waals surface area contributed by atoms with Crippen molar-refractivity contribution < 1.29 is 22.7 Å². The number of alkyl halides is 3. The van der Waals surface area contributed by atoms with Crippen LogP contribution in [0.5, 0.6) is 5.75 Å². The largest absolute Gasteiger partial charge is 0.497 e. The number of benzene rings is 1. The van der Waals surface area contributed by atoms with Crippen molar-refractivity contribution in [2.75, 3.05) is 7.11 Å². The van der Waals surface area contributed by atoms with E-state index in [0.29, 0.717) is 12.5 Å². The number of aromatic amines is 1. The van der Waals surface area contributed by atoms with Crippen LogP contribution in [0.1, 0.15) is 46.1 Å². The molecule has 0 saturated carbocycles. The molecule has 0 fully saturated rings. The summed E-state index contributed by atoms with van der Waals surface area (Å²) >= 11 is 0. The lowest BCUT2D eigenvalue weighted by atomic mass is 9.87. The molecule has 1 aliphatic carbocycles. The van der Waals surface area contributed by atoms with E-state index in [2.05, 4.69) is 5.32 Å². The van der Waals surface area contributed by atoms with E-state index in [-0.39, 0.29) is 11.6 Å². The van der Waals surface area contributed by atoms with Crippen LogP contribution in [-0.4, -0.2) is 18.0 Å². The molecular formula is C18H17F3N2O3. The Morgan fingerprint density at radius 1 is 1.27 bits per heavy atom. The number of nitrogens with one attached hydrogen (secondary N) is 2. The Morgan fingerprint density at radius 3 is 2.69 bits per heavy atom. The normalized spacial score (nSPS) is 16.7. The highest BCUT2D eigenvalue weighted by Crippen LogP contribution is 2.32. The summed E-state index contributed by atoms with van der Waals surface area (Å²) in [6, 6.07) is 6.83. The molecule has 1 unspecified atom stereocenters. The Kier molecular flexibility index (Phi) is 4.76. The lowest BCUT2D eigenvalue weighted by Gasteiger charge is -2.26. The molecule has 26 heavy (non-hydrogen) atoms. The van der Waals surface area contributed by atoms with Crippen molar-refractivity contribution in [3.8, 4) is 5.75 Å². The Balaban J connectivity index is 1.83. The van der Waals surface area contributed by atoms with Gasteiger partial charge in [0.05, 0.1) is 13.2 Å². The number of aromatic nitrogens is 1. The van der Waals surface area contributed by atoms with Gasteiger partial charge in [-0.2, -0.15) is 13.2 Å². The molecule has 2 N–H and O–H groups in total. The quantitative estimate of drug-likeness (QED) is 0.876. The van der Waals surface area contributed by atoms with Gasteiger partial charge in [0.15, 0.2) is 0 Å². The predicted molar refractivity (Wildman–Crippen MR) is 88.2 cm³/mol. The van der Waals surface area contributed by atoms with Gasteiger partial charge in [0.25, 0.3) is 11.5 Å². The molecule has 0 spiro atoms. The van der Waals surface area contributed by atoms with E-state index in [0.717, 1.165) is 35.8 Å². The molecule has 0 aliphatic heterocycles. The number of aryl methyl sites for hydroxylation is 1. The van der Waals surface area contributed by atoms with Crippen molar-refractivity contribution in [1.29, 1.82) is 0 Å². The number of H-pyrrole nitrogens is 1. The maximum Gasteiger partial charge on any atom is 0.431 e. The second-order valence-corrected chi connectivity index (χ2v) is 6.10. The lowest BCUT2D eigenvalue weighted by molar-refractivity contribution is -0.141. The molecule has 1 heterocycles. The standard InChI is InChI=1S/C18H17F3N2O3/c1-26-11-5-6-12-10(9-11)3-2-4-14(12)22-16(24)13-7-8-15(18(19,20)21)23-17(13)25/h5-9,14H,2-4H2,1H3,(H,22,24)(H,23,25). The van der Waals surface area contributed by atoms with Gasteiger partial charge in [-0.3, -0.25) is 9.59 Å². The van der Waals surface area contributed by atoms with Crippen LogP contribution in [0.2, 0.25) is 0 Å². The molecule has 1 aromatic heterocycles. The average Bonchev–Trinajstić information content (AvgIpc) is 2.60. The van der Waals surface area contributed by atoms with Crippen LogP contribution < -0.4 is 15.6 Å². The Hall–Kier alpha value is -2.77. The average molecular weight is 366 g/mol. The molecule has 1 aromatic carbocycles. The van der Waals surface area contributed by atoms with Crippen LogP contribution in [0.4, 0.5) is 13.2 Å². The van der Waals surface area contributed by atoms with Gasteiger partial charge in [0.1, 0.15) is 17.0 Å².